The van der Waals surface area contributed by atoms with Crippen LogP contribution in [-0.4, -0.2) is 57.1 Å². The molecule has 1 amide bonds. The van der Waals surface area contributed by atoms with Crippen LogP contribution in [0.5, 0.6) is 5.75 Å². The van der Waals surface area contributed by atoms with Crippen LogP contribution in [0.15, 0.2) is 42.5 Å². The van der Waals surface area contributed by atoms with Crippen LogP contribution in [0.3, 0.4) is 0 Å². The maximum absolute atomic E-state index is 13.0. The van der Waals surface area contributed by atoms with Gasteiger partial charge in [0.25, 0.3) is 0 Å². The van der Waals surface area contributed by atoms with Crippen molar-refractivity contribution in [2.75, 3.05) is 40.0 Å². The highest BCUT2D eigenvalue weighted by Gasteiger charge is 2.42. The van der Waals surface area contributed by atoms with Crippen molar-refractivity contribution >= 4 is 6.09 Å². The third-order valence-corrected chi connectivity index (χ3v) is 7.75. The number of hydrogen-bond acceptors (Lipinski definition) is 5. The molecule has 1 N–H and O–H groups in total. The molecule has 6 nitrogen and oxygen atoms in total. The summed E-state index contributed by atoms with van der Waals surface area (Å²) < 4.78 is 16.7. The number of alkyl carbamates (subject to hydrolysis) is 1. The van der Waals surface area contributed by atoms with E-state index in [1.807, 2.05) is 12.1 Å². The number of ether oxygens (including phenoxy) is 3. The van der Waals surface area contributed by atoms with Crippen LogP contribution in [0, 0.1) is 11.3 Å². The minimum Gasteiger partial charge on any atom is -0.491 e. The van der Waals surface area contributed by atoms with Crippen molar-refractivity contribution in [2.24, 2.45) is 11.3 Å². The Bertz CT molecular complexity index is 1010. The number of carbonyl (C=O) groups is 1. The molecule has 3 heterocycles. The molecule has 3 fully saturated rings. The van der Waals surface area contributed by atoms with Gasteiger partial charge in [0.15, 0.2) is 0 Å². The SMILES string of the molecule is COCCOc1ccc(-c2ccc3c(c2)C(NC(=O)O[C@@H]2CN4CCC2CC4)C(C)(C)C3)cc1. The molecule has 6 heteroatoms. The van der Waals surface area contributed by atoms with Crippen molar-refractivity contribution < 1.29 is 19.0 Å². The van der Waals surface area contributed by atoms with Crippen molar-refractivity contribution in [2.45, 2.75) is 45.3 Å². The zero-order chi connectivity index (χ0) is 23.7. The number of methoxy groups -OCH3 is 1. The summed E-state index contributed by atoms with van der Waals surface area (Å²) in [4.78, 5) is 15.4. The minimum atomic E-state index is -0.285. The Morgan fingerprint density at radius 2 is 1.79 bits per heavy atom. The number of nitrogens with zero attached hydrogens (tertiary/aromatic N) is 1. The lowest BCUT2D eigenvalue weighted by Gasteiger charge is -2.44. The van der Waals surface area contributed by atoms with E-state index in [4.69, 9.17) is 14.2 Å². The third kappa shape index (κ3) is 4.80. The second-order valence-electron chi connectivity index (χ2n) is 10.6. The summed E-state index contributed by atoms with van der Waals surface area (Å²) >= 11 is 0. The van der Waals surface area contributed by atoms with Gasteiger partial charge in [0.05, 0.1) is 12.6 Å². The second-order valence-corrected chi connectivity index (χ2v) is 10.6. The Kier molecular flexibility index (Phi) is 6.54. The number of fused-ring (bicyclic) bond motifs is 4. The van der Waals surface area contributed by atoms with E-state index in [0.29, 0.717) is 19.1 Å². The normalized spacial score (nSPS) is 26.7. The molecule has 0 saturated carbocycles. The molecule has 1 unspecified atom stereocenters. The summed E-state index contributed by atoms with van der Waals surface area (Å²) in [7, 11) is 1.67. The standard InChI is InChI=1S/C28H36N2O4/c1-28(2)17-22-5-4-21(19-6-8-23(9-7-19)33-15-14-32-3)16-24(22)26(28)29-27(31)34-25-18-30-12-10-20(25)11-13-30/h4-9,16,20,25-26H,10-15,17-18H2,1-3H3,(H,29,31)/t25-,26?/m1/s1. The summed E-state index contributed by atoms with van der Waals surface area (Å²) in [5.74, 6) is 1.34. The fourth-order valence-corrected chi connectivity index (χ4v) is 5.81. The lowest BCUT2D eigenvalue weighted by molar-refractivity contribution is -0.0348. The van der Waals surface area contributed by atoms with E-state index in [-0.39, 0.29) is 23.7 Å². The number of piperidine rings is 3. The molecule has 2 aromatic carbocycles. The molecule has 3 aliphatic heterocycles. The van der Waals surface area contributed by atoms with E-state index >= 15 is 0 Å². The van der Waals surface area contributed by atoms with E-state index in [9.17, 15) is 4.79 Å². The monoisotopic (exact) mass is 464 g/mol. The van der Waals surface area contributed by atoms with Crippen LogP contribution >= 0.6 is 0 Å². The lowest BCUT2D eigenvalue weighted by atomic mass is 9.85. The van der Waals surface area contributed by atoms with Crippen molar-refractivity contribution in [1.82, 2.24) is 10.2 Å². The van der Waals surface area contributed by atoms with Gasteiger partial charge in [-0.05, 0) is 84.1 Å². The smallest absolute Gasteiger partial charge is 0.407 e. The van der Waals surface area contributed by atoms with Crippen molar-refractivity contribution in [3.63, 3.8) is 0 Å². The van der Waals surface area contributed by atoms with Crippen LogP contribution in [0.2, 0.25) is 0 Å². The Balaban J connectivity index is 1.29. The minimum absolute atomic E-state index is 0.0162. The highest BCUT2D eigenvalue weighted by atomic mass is 16.6. The number of benzene rings is 2. The first-order valence-electron chi connectivity index (χ1n) is 12.5. The molecule has 4 aliphatic rings. The van der Waals surface area contributed by atoms with Gasteiger partial charge in [-0.2, -0.15) is 0 Å². The van der Waals surface area contributed by atoms with Crippen LogP contribution in [0.1, 0.15) is 43.9 Å². The summed E-state index contributed by atoms with van der Waals surface area (Å²) in [6.45, 7) is 8.69. The first-order chi connectivity index (χ1) is 16.4. The van der Waals surface area contributed by atoms with E-state index < -0.39 is 0 Å². The van der Waals surface area contributed by atoms with Crippen LogP contribution in [-0.2, 0) is 15.9 Å². The van der Waals surface area contributed by atoms with Gasteiger partial charge in [-0.1, -0.05) is 38.1 Å². The van der Waals surface area contributed by atoms with Crippen molar-refractivity contribution in [3.8, 4) is 16.9 Å². The highest BCUT2D eigenvalue weighted by molar-refractivity contribution is 5.70. The molecule has 1 aliphatic carbocycles. The van der Waals surface area contributed by atoms with Gasteiger partial charge in [-0.15, -0.1) is 0 Å². The van der Waals surface area contributed by atoms with E-state index in [0.717, 1.165) is 55.8 Å². The second kappa shape index (κ2) is 9.59. The molecule has 2 bridgehead atoms. The first kappa shape index (κ1) is 23.2. The maximum Gasteiger partial charge on any atom is 0.407 e. The van der Waals surface area contributed by atoms with Crippen LogP contribution in [0.4, 0.5) is 4.79 Å². The largest absolute Gasteiger partial charge is 0.491 e. The van der Waals surface area contributed by atoms with Gasteiger partial charge < -0.3 is 19.5 Å². The van der Waals surface area contributed by atoms with Crippen LogP contribution in [0.25, 0.3) is 11.1 Å². The summed E-state index contributed by atoms with van der Waals surface area (Å²) in [6, 6.07) is 14.7. The van der Waals surface area contributed by atoms with Gasteiger partial charge in [0.2, 0.25) is 0 Å². The Labute approximate surface area is 202 Å². The van der Waals surface area contributed by atoms with Gasteiger partial charge in [0.1, 0.15) is 18.5 Å². The molecule has 0 radical (unpaired) electrons. The fraction of sp³-hybridized carbons (Fsp3) is 0.536. The quantitative estimate of drug-likeness (QED) is 0.595. The summed E-state index contributed by atoms with van der Waals surface area (Å²) in [6.07, 6.45) is 2.93. The number of rotatable bonds is 7. The average Bonchev–Trinajstić information content (AvgIpc) is 3.09. The van der Waals surface area contributed by atoms with Crippen LogP contribution < -0.4 is 10.1 Å². The molecule has 6 rings (SSSR count). The Morgan fingerprint density at radius 1 is 1.06 bits per heavy atom. The summed E-state index contributed by atoms with van der Waals surface area (Å²) in [5.41, 5.74) is 4.67. The molecule has 34 heavy (non-hydrogen) atoms. The first-order valence-corrected chi connectivity index (χ1v) is 12.5. The molecule has 3 saturated heterocycles. The average molecular weight is 465 g/mol. The van der Waals surface area contributed by atoms with Crippen molar-refractivity contribution in [3.05, 3.63) is 53.6 Å². The van der Waals surface area contributed by atoms with Gasteiger partial charge in [-0.3, -0.25) is 4.90 Å². The highest BCUT2D eigenvalue weighted by Crippen LogP contribution is 2.46. The molecule has 182 valence electrons. The fourth-order valence-electron chi connectivity index (χ4n) is 5.81. The van der Waals surface area contributed by atoms with Gasteiger partial charge >= 0.3 is 6.09 Å². The lowest BCUT2D eigenvalue weighted by Crippen LogP contribution is -2.53. The molecule has 2 aromatic rings. The zero-order valence-electron chi connectivity index (χ0n) is 20.5. The predicted octanol–water partition coefficient (Wildman–Crippen LogP) is 4.82. The predicted molar refractivity (Wildman–Crippen MR) is 132 cm³/mol. The van der Waals surface area contributed by atoms with Gasteiger partial charge in [-0.25, -0.2) is 4.79 Å². The Morgan fingerprint density at radius 3 is 2.47 bits per heavy atom. The van der Waals surface area contributed by atoms with E-state index in [1.165, 1.54) is 11.1 Å². The maximum atomic E-state index is 13.0. The summed E-state index contributed by atoms with van der Waals surface area (Å²) in [5, 5.41) is 3.24. The molecular weight excluding hydrogens is 428 g/mol. The number of amides is 1. The van der Waals surface area contributed by atoms with E-state index in [1.54, 1.807) is 7.11 Å². The number of carbonyl (C=O) groups excluding carboxylic acids is 1. The molecule has 2 atom stereocenters. The number of hydrogen-bond donors (Lipinski definition) is 1. The molecular formula is C28H36N2O4. The van der Waals surface area contributed by atoms with E-state index in [2.05, 4.69) is 54.4 Å². The third-order valence-electron chi connectivity index (χ3n) is 7.75. The van der Waals surface area contributed by atoms with Gasteiger partial charge in [0, 0.05) is 13.7 Å². The molecule has 0 spiro atoms. The zero-order valence-corrected chi connectivity index (χ0v) is 20.5. The molecule has 0 aromatic heterocycles. The topological polar surface area (TPSA) is 60.0 Å². The Hall–Kier alpha value is -2.57. The van der Waals surface area contributed by atoms with Crippen molar-refractivity contribution in [1.29, 1.82) is 0 Å². The number of nitrogens with one attached hydrogen (secondary N) is 1.